The third kappa shape index (κ3) is 5.34. The molecular weight excluding hydrogens is 332 g/mol. The lowest BCUT2D eigenvalue weighted by Crippen LogP contribution is -2.20. The van der Waals surface area contributed by atoms with Crippen LogP contribution in [0.4, 0.5) is 5.69 Å². The van der Waals surface area contributed by atoms with E-state index in [2.05, 4.69) is 5.32 Å². The van der Waals surface area contributed by atoms with Crippen LogP contribution < -0.4 is 5.32 Å². The fourth-order valence-corrected chi connectivity index (χ4v) is 3.85. The Morgan fingerprint density at radius 2 is 1.55 bits per heavy atom. The first-order valence-corrected chi connectivity index (χ1v) is 8.90. The number of carbonyl (C=O) groups excluding carboxylic acids is 1. The van der Waals surface area contributed by atoms with Crippen molar-refractivity contribution in [2.45, 2.75) is 11.8 Å². The second-order valence-electron chi connectivity index (χ2n) is 3.92. The molecule has 1 aromatic carbocycles. The van der Waals surface area contributed by atoms with Crippen molar-refractivity contribution < 1.29 is 33.5 Å². The molecule has 5 N–H and O–H groups in total. The maximum Gasteiger partial charge on any atom is 0.341 e. The Balaban J connectivity index is 2.80. The van der Waals surface area contributed by atoms with Crippen LogP contribution in [0.5, 0.6) is 0 Å². The van der Waals surface area contributed by atoms with Gasteiger partial charge in [0.25, 0.3) is 0 Å². The molecule has 0 aliphatic rings. The Hall–Kier alpha value is -0.720. The molecule has 0 unspecified atom stereocenters. The third-order valence-corrected chi connectivity index (χ3v) is 6.25. The first-order chi connectivity index (χ1) is 9.00. The van der Waals surface area contributed by atoms with Crippen molar-refractivity contribution in [2.24, 2.45) is 0 Å². The zero-order valence-corrected chi connectivity index (χ0v) is 12.4. The SMILES string of the molecule is O=C(CC(P(=O)(O)O)P(=O)(O)O)Nc1ccc(Cl)cc1. The van der Waals surface area contributed by atoms with Gasteiger partial charge in [-0.15, -0.1) is 0 Å². The van der Waals surface area contributed by atoms with Crippen molar-refractivity contribution in [2.75, 3.05) is 5.32 Å². The molecule has 0 aliphatic heterocycles. The van der Waals surface area contributed by atoms with Crippen LogP contribution in [0.1, 0.15) is 6.42 Å². The van der Waals surface area contributed by atoms with Gasteiger partial charge in [-0.1, -0.05) is 11.6 Å². The molecule has 0 radical (unpaired) electrons. The van der Waals surface area contributed by atoms with Crippen molar-refractivity contribution in [1.82, 2.24) is 0 Å². The summed E-state index contributed by atoms with van der Waals surface area (Å²) < 4.78 is 22.0. The molecule has 8 nitrogen and oxygen atoms in total. The highest BCUT2D eigenvalue weighted by Gasteiger charge is 2.44. The molecule has 11 heteroatoms. The fraction of sp³-hybridized carbons (Fsp3) is 0.222. The van der Waals surface area contributed by atoms with Gasteiger partial charge in [-0.3, -0.25) is 13.9 Å². The molecule has 0 saturated heterocycles. The van der Waals surface area contributed by atoms with E-state index in [1.54, 1.807) is 0 Å². The van der Waals surface area contributed by atoms with Gasteiger partial charge in [-0.2, -0.15) is 0 Å². The Morgan fingerprint density at radius 1 is 1.10 bits per heavy atom. The first kappa shape index (κ1) is 17.3. The lowest BCUT2D eigenvalue weighted by Gasteiger charge is -2.19. The van der Waals surface area contributed by atoms with Gasteiger partial charge in [0.05, 0.1) is 6.42 Å². The summed E-state index contributed by atoms with van der Waals surface area (Å²) in [5.74, 6) is -0.927. The number of carbonyl (C=O) groups is 1. The smallest absolute Gasteiger partial charge is 0.326 e. The average molecular weight is 344 g/mol. The number of nitrogens with one attached hydrogen (secondary N) is 1. The van der Waals surface area contributed by atoms with Crippen molar-refractivity contribution in [3.63, 3.8) is 0 Å². The van der Waals surface area contributed by atoms with Crippen LogP contribution in [0.3, 0.4) is 0 Å². The summed E-state index contributed by atoms with van der Waals surface area (Å²) in [4.78, 5) is 47.1. The molecule has 112 valence electrons. The number of amides is 1. The molecule has 1 aromatic rings. The Kier molecular flexibility index (Phi) is 5.52. The van der Waals surface area contributed by atoms with Gasteiger partial charge in [0.2, 0.25) is 5.91 Å². The highest BCUT2D eigenvalue weighted by molar-refractivity contribution is 7.70. The zero-order valence-electron chi connectivity index (χ0n) is 9.88. The van der Waals surface area contributed by atoms with Gasteiger partial charge >= 0.3 is 15.2 Å². The Bertz CT molecular complexity index is 556. The molecule has 0 saturated carbocycles. The lowest BCUT2D eigenvalue weighted by molar-refractivity contribution is -0.116. The van der Waals surface area contributed by atoms with Gasteiger partial charge in [0, 0.05) is 10.7 Å². The minimum atomic E-state index is -5.11. The third-order valence-electron chi connectivity index (χ3n) is 2.27. The Morgan fingerprint density at radius 3 is 1.95 bits per heavy atom. The van der Waals surface area contributed by atoms with E-state index in [0.717, 1.165) is 0 Å². The van der Waals surface area contributed by atoms with Crippen LogP contribution in [-0.4, -0.2) is 30.9 Å². The van der Waals surface area contributed by atoms with Crippen LogP contribution in [0.2, 0.25) is 5.02 Å². The molecule has 0 spiro atoms. The fourth-order valence-electron chi connectivity index (χ4n) is 1.34. The molecule has 0 aromatic heterocycles. The van der Waals surface area contributed by atoms with E-state index in [4.69, 9.17) is 31.2 Å². The summed E-state index contributed by atoms with van der Waals surface area (Å²) in [7, 11) is -10.2. The van der Waals surface area contributed by atoms with Crippen molar-refractivity contribution in [3.05, 3.63) is 29.3 Å². The molecule has 1 amide bonds. The van der Waals surface area contributed by atoms with Gasteiger partial charge in [-0.05, 0) is 24.3 Å². The molecule has 0 aliphatic carbocycles. The van der Waals surface area contributed by atoms with Crippen molar-refractivity contribution in [1.29, 1.82) is 0 Å². The van der Waals surface area contributed by atoms with Crippen LogP contribution in [-0.2, 0) is 13.9 Å². The summed E-state index contributed by atoms with van der Waals surface area (Å²) in [5.41, 5.74) is 0.287. The van der Waals surface area contributed by atoms with Crippen LogP contribution in [0, 0.1) is 0 Å². The zero-order chi connectivity index (χ0) is 15.6. The summed E-state index contributed by atoms with van der Waals surface area (Å²) in [6.07, 6.45) is -1.00. The van der Waals surface area contributed by atoms with Crippen molar-refractivity contribution >= 4 is 38.4 Å². The number of anilines is 1. The van der Waals surface area contributed by atoms with Gasteiger partial charge < -0.3 is 24.9 Å². The average Bonchev–Trinajstić information content (AvgIpc) is 2.26. The lowest BCUT2D eigenvalue weighted by atomic mass is 10.3. The van der Waals surface area contributed by atoms with Gasteiger partial charge in [0.15, 0.2) is 5.40 Å². The quantitative estimate of drug-likeness (QED) is 0.507. The minimum Gasteiger partial charge on any atom is -0.326 e. The second-order valence-corrected chi connectivity index (χ2v) is 8.36. The van der Waals surface area contributed by atoms with E-state index < -0.39 is 32.9 Å². The van der Waals surface area contributed by atoms with Gasteiger partial charge in [0.1, 0.15) is 0 Å². The first-order valence-electron chi connectivity index (χ1n) is 5.16. The molecule has 20 heavy (non-hydrogen) atoms. The number of halogens is 1. The highest BCUT2D eigenvalue weighted by atomic mass is 35.5. The monoisotopic (exact) mass is 343 g/mol. The molecule has 1 rings (SSSR count). The predicted octanol–water partition coefficient (Wildman–Crippen LogP) is 1.35. The minimum absolute atomic E-state index is 0.287. The van der Waals surface area contributed by atoms with E-state index in [9.17, 15) is 13.9 Å². The number of benzene rings is 1. The molecule has 0 fully saturated rings. The van der Waals surface area contributed by atoms with E-state index in [1.807, 2.05) is 0 Å². The number of hydrogen-bond donors (Lipinski definition) is 5. The summed E-state index contributed by atoms with van der Waals surface area (Å²) in [6, 6.07) is 5.82. The molecule has 0 bridgehead atoms. The van der Waals surface area contributed by atoms with E-state index in [1.165, 1.54) is 24.3 Å². The predicted molar refractivity (Wildman–Crippen MR) is 72.6 cm³/mol. The summed E-state index contributed by atoms with van der Waals surface area (Å²) in [5, 5.41) is 0.323. The molecular formula is C9H12ClNO7P2. The number of hydrogen-bond acceptors (Lipinski definition) is 3. The van der Waals surface area contributed by atoms with Gasteiger partial charge in [-0.25, -0.2) is 0 Å². The van der Waals surface area contributed by atoms with Crippen LogP contribution in [0.25, 0.3) is 0 Å². The summed E-state index contributed by atoms with van der Waals surface area (Å²) >= 11 is 5.63. The normalized spacial score (nSPS) is 12.5. The van der Waals surface area contributed by atoms with E-state index in [-0.39, 0.29) is 5.69 Å². The molecule has 0 atom stereocenters. The standard InChI is InChI=1S/C9H12ClNO7P2/c10-6-1-3-7(4-2-6)11-8(12)5-9(19(13,14)15)20(16,17)18/h1-4,9H,5H2,(H,11,12)(H2,13,14,15)(H2,16,17,18). The van der Waals surface area contributed by atoms with E-state index >= 15 is 0 Å². The second kappa shape index (κ2) is 6.37. The maximum absolute atomic E-state index is 11.6. The van der Waals surface area contributed by atoms with Crippen molar-refractivity contribution in [3.8, 4) is 0 Å². The Labute approximate surface area is 119 Å². The summed E-state index contributed by atoms with van der Waals surface area (Å²) in [6.45, 7) is 0. The highest BCUT2D eigenvalue weighted by Crippen LogP contribution is 2.61. The largest absolute Gasteiger partial charge is 0.341 e. The molecule has 0 heterocycles. The topological polar surface area (TPSA) is 144 Å². The maximum atomic E-state index is 11.6. The number of rotatable bonds is 5. The van der Waals surface area contributed by atoms with E-state index in [0.29, 0.717) is 5.02 Å². The van der Waals surface area contributed by atoms with Crippen LogP contribution >= 0.6 is 26.8 Å². The van der Waals surface area contributed by atoms with Crippen LogP contribution in [0.15, 0.2) is 24.3 Å².